The molecule has 0 spiro atoms. The molecule has 0 saturated carbocycles. The molecule has 1 amide bonds. The molecule has 1 heterocycles. The van der Waals surface area contributed by atoms with Gasteiger partial charge in [-0.15, -0.1) is 11.8 Å². The van der Waals surface area contributed by atoms with Gasteiger partial charge in [0.05, 0.1) is 22.6 Å². The van der Waals surface area contributed by atoms with Crippen LogP contribution in [0.3, 0.4) is 0 Å². The average molecular weight is 387 g/mol. The number of nitrogens with zero attached hydrogens (tertiary/aromatic N) is 2. The second-order valence-corrected chi connectivity index (χ2v) is 6.08. The van der Waals surface area contributed by atoms with E-state index in [4.69, 9.17) is 0 Å². The van der Waals surface area contributed by atoms with Crippen molar-refractivity contribution in [1.82, 2.24) is 4.57 Å². The van der Waals surface area contributed by atoms with Crippen LogP contribution in [0.1, 0.15) is 0 Å². The maximum Gasteiger partial charge on any atom is 0.398 e. The van der Waals surface area contributed by atoms with Crippen LogP contribution in [0.15, 0.2) is 52.3 Å². The molecular formula is C15H12F3N3O4S. The largest absolute Gasteiger partial charge is 0.398 e. The first-order valence-electron chi connectivity index (χ1n) is 7.09. The van der Waals surface area contributed by atoms with Crippen molar-refractivity contribution in [2.24, 2.45) is 0 Å². The van der Waals surface area contributed by atoms with Crippen molar-refractivity contribution in [2.45, 2.75) is 17.6 Å². The van der Waals surface area contributed by atoms with E-state index in [1.807, 2.05) is 0 Å². The van der Waals surface area contributed by atoms with Crippen molar-refractivity contribution in [3.63, 3.8) is 0 Å². The van der Waals surface area contributed by atoms with Gasteiger partial charge in [0.1, 0.15) is 6.54 Å². The summed E-state index contributed by atoms with van der Waals surface area (Å²) in [6.07, 6.45) is -3.44. The number of anilines is 1. The molecule has 7 nitrogen and oxygen atoms in total. The van der Waals surface area contributed by atoms with Gasteiger partial charge in [-0.25, -0.2) is 0 Å². The van der Waals surface area contributed by atoms with Crippen LogP contribution < -0.4 is 10.9 Å². The highest BCUT2D eigenvalue weighted by Crippen LogP contribution is 2.32. The zero-order valence-electron chi connectivity index (χ0n) is 13.0. The van der Waals surface area contributed by atoms with E-state index in [1.54, 1.807) is 0 Å². The van der Waals surface area contributed by atoms with Crippen molar-refractivity contribution in [3.05, 3.63) is 63.1 Å². The van der Waals surface area contributed by atoms with E-state index in [1.165, 1.54) is 24.3 Å². The van der Waals surface area contributed by atoms with Gasteiger partial charge in [0, 0.05) is 17.0 Å². The van der Waals surface area contributed by atoms with Crippen molar-refractivity contribution in [2.75, 3.05) is 11.1 Å². The molecular weight excluding hydrogens is 375 g/mol. The molecule has 0 fully saturated rings. The van der Waals surface area contributed by atoms with Crippen molar-refractivity contribution < 1.29 is 22.9 Å². The summed E-state index contributed by atoms with van der Waals surface area (Å²) < 4.78 is 38.0. The molecule has 1 N–H and O–H groups in total. The first-order chi connectivity index (χ1) is 12.2. The highest BCUT2D eigenvalue weighted by molar-refractivity contribution is 7.99. The zero-order chi connectivity index (χ0) is 19.3. The normalized spacial score (nSPS) is 11.2. The minimum atomic E-state index is -4.36. The third kappa shape index (κ3) is 5.62. The number of amides is 1. The minimum Gasteiger partial charge on any atom is -0.324 e. The summed E-state index contributed by atoms with van der Waals surface area (Å²) in [5, 5.41) is 13.1. The fraction of sp³-hybridized carbons (Fsp3) is 0.200. The molecule has 0 unspecified atom stereocenters. The van der Waals surface area contributed by atoms with E-state index in [2.05, 4.69) is 5.32 Å². The number of pyridine rings is 1. The van der Waals surface area contributed by atoms with Crippen LogP contribution in [0.4, 0.5) is 24.5 Å². The molecule has 0 aliphatic carbocycles. The molecule has 0 radical (unpaired) electrons. The van der Waals surface area contributed by atoms with Crippen LogP contribution in [0, 0.1) is 10.1 Å². The van der Waals surface area contributed by atoms with E-state index >= 15 is 0 Å². The summed E-state index contributed by atoms with van der Waals surface area (Å²) in [5.74, 6) is -1.82. The number of rotatable bonds is 6. The second kappa shape index (κ2) is 8.04. The van der Waals surface area contributed by atoms with Gasteiger partial charge >= 0.3 is 6.18 Å². The Hall–Kier alpha value is -2.82. The lowest BCUT2D eigenvalue weighted by Gasteiger charge is -2.12. The molecule has 26 heavy (non-hydrogen) atoms. The Balaban J connectivity index is 2.13. The molecule has 0 bridgehead atoms. The predicted molar refractivity (Wildman–Crippen MR) is 89.2 cm³/mol. The Kier molecular flexibility index (Phi) is 6.03. The fourth-order valence-corrected chi connectivity index (χ4v) is 2.72. The zero-order valence-corrected chi connectivity index (χ0v) is 13.8. The van der Waals surface area contributed by atoms with E-state index in [9.17, 15) is 32.9 Å². The van der Waals surface area contributed by atoms with Gasteiger partial charge in [-0.2, -0.15) is 13.2 Å². The van der Waals surface area contributed by atoms with Crippen LogP contribution >= 0.6 is 11.8 Å². The highest BCUT2D eigenvalue weighted by atomic mass is 32.2. The predicted octanol–water partition coefficient (Wildman–Crippen LogP) is 3.05. The molecule has 0 saturated heterocycles. The van der Waals surface area contributed by atoms with Crippen molar-refractivity contribution in [3.8, 4) is 0 Å². The Morgan fingerprint density at radius 3 is 2.58 bits per heavy atom. The fourth-order valence-electron chi connectivity index (χ4n) is 1.95. The van der Waals surface area contributed by atoms with Crippen LogP contribution in [-0.2, 0) is 11.3 Å². The van der Waals surface area contributed by atoms with Crippen LogP contribution in [-0.4, -0.2) is 27.3 Å². The number of para-hydroxylation sites is 1. The first kappa shape index (κ1) is 19.5. The van der Waals surface area contributed by atoms with Crippen LogP contribution in [0.25, 0.3) is 0 Å². The number of alkyl halides is 3. The number of benzene rings is 1. The molecule has 138 valence electrons. The molecule has 1 aromatic heterocycles. The summed E-state index contributed by atoms with van der Waals surface area (Å²) in [6.45, 7) is -0.515. The monoisotopic (exact) mass is 387 g/mol. The summed E-state index contributed by atoms with van der Waals surface area (Å²) in [5.41, 5.74) is -0.825. The van der Waals surface area contributed by atoms with Gasteiger partial charge < -0.3 is 5.32 Å². The molecule has 1 aromatic carbocycles. The van der Waals surface area contributed by atoms with Gasteiger partial charge in [0.25, 0.3) is 11.2 Å². The first-order valence-corrected chi connectivity index (χ1v) is 8.07. The number of thioether (sulfide) groups is 1. The van der Waals surface area contributed by atoms with Gasteiger partial charge in [-0.05, 0) is 12.1 Å². The number of hydrogen-bond donors (Lipinski definition) is 1. The van der Waals surface area contributed by atoms with Gasteiger partial charge in [0.15, 0.2) is 0 Å². The lowest BCUT2D eigenvalue weighted by molar-refractivity contribution is -0.385. The van der Waals surface area contributed by atoms with E-state index in [0.717, 1.165) is 22.9 Å². The lowest BCUT2D eigenvalue weighted by atomic mass is 10.3. The van der Waals surface area contributed by atoms with Crippen LogP contribution in [0.2, 0.25) is 0 Å². The minimum absolute atomic E-state index is 0.158. The Morgan fingerprint density at radius 1 is 1.23 bits per heavy atom. The summed E-state index contributed by atoms with van der Waals surface area (Å²) in [4.78, 5) is 34.0. The summed E-state index contributed by atoms with van der Waals surface area (Å²) in [7, 11) is 0. The third-order valence-electron chi connectivity index (χ3n) is 3.05. The number of nitro groups is 1. The number of halogens is 3. The van der Waals surface area contributed by atoms with Crippen molar-refractivity contribution in [1.29, 1.82) is 0 Å². The molecule has 11 heteroatoms. The number of carbonyl (C=O) groups excluding carboxylic acids is 1. The lowest BCUT2D eigenvalue weighted by Crippen LogP contribution is -2.27. The smallest absolute Gasteiger partial charge is 0.324 e. The SMILES string of the molecule is O=C(Cn1cc([N+](=O)[O-])ccc1=O)Nc1ccccc1SCC(F)(F)F. The summed E-state index contributed by atoms with van der Waals surface area (Å²) in [6, 6.07) is 7.88. The third-order valence-corrected chi connectivity index (χ3v) is 4.18. The summed E-state index contributed by atoms with van der Waals surface area (Å²) >= 11 is 0.514. The average Bonchev–Trinajstić information content (AvgIpc) is 2.55. The Labute approximate surface area is 149 Å². The number of nitrogens with one attached hydrogen (secondary N) is 1. The molecule has 0 aliphatic heterocycles. The van der Waals surface area contributed by atoms with Gasteiger partial charge in [0.2, 0.25) is 5.91 Å². The van der Waals surface area contributed by atoms with E-state index in [-0.39, 0.29) is 16.3 Å². The van der Waals surface area contributed by atoms with Crippen molar-refractivity contribution >= 4 is 29.0 Å². The Bertz CT molecular complexity index is 883. The van der Waals surface area contributed by atoms with Crippen LogP contribution in [0.5, 0.6) is 0 Å². The van der Waals surface area contributed by atoms with Gasteiger partial charge in [-0.3, -0.25) is 24.3 Å². The maximum atomic E-state index is 12.4. The highest BCUT2D eigenvalue weighted by Gasteiger charge is 2.27. The topological polar surface area (TPSA) is 94.2 Å². The molecule has 2 rings (SSSR count). The number of carbonyl (C=O) groups is 1. The van der Waals surface area contributed by atoms with E-state index in [0.29, 0.717) is 11.8 Å². The molecule has 0 aliphatic rings. The molecule has 0 atom stereocenters. The Morgan fingerprint density at radius 2 is 1.92 bits per heavy atom. The number of aromatic nitrogens is 1. The second-order valence-electron chi connectivity index (χ2n) is 5.06. The van der Waals surface area contributed by atoms with Gasteiger partial charge in [-0.1, -0.05) is 12.1 Å². The quantitative estimate of drug-likeness (QED) is 0.467. The maximum absolute atomic E-state index is 12.4. The number of hydrogen-bond acceptors (Lipinski definition) is 5. The molecule has 2 aromatic rings. The van der Waals surface area contributed by atoms with E-state index < -0.39 is 34.9 Å². The standard InChI is InChI=1S/C15H12F3N3O4S/c16-15(17,18)9-26-12-4-2-1-3-11(12)19-13(22)8-20-7-10(21(24)25)5-6-14(20)23/h1-7H,8-9H2,(H,19,22).